The van der Waals surface area contributed by atoms with Crippen molar-refractivity contribution in [3.63, 3.8) is 0 Å². The number of nitrogens with zero attached hydrogens (tertiary/aromatic N) is 4. The van der Waals surface area contributed by atoms with Gasteiger partial charge < -0.3 is 9.88 Å². The van der Waals surface area contributed by atoms with Crippen molar-refractivity contribution in [2.45, 2.75) is 39.4 Å². The van der Waals surface area contributed by atoms with Crippen molar-refractivity contribution in [2.75, 3.05) is 5.32 Å². The molecular formula is C13H18ClN5O. The van der Waals surface area contributed by atoms with Gasteiger partial charge >= 0.3 is 0 Å². The average Bonchev–Trinajstić information content (AvgIpc) is 2.87. The lowest BCUT2D eigenvalue weighted by Crippen LogP contribution is -2.28. The van der Waals surface area contributed by atoms with Gasteiger partial charge in [0, 0.05) is 25.0 Å². The molecule has 7 heteroatoms. The lowest BCUT2D eigenvalue weighted by molar-refractivity contribution is 0.502. The molecule has 0 bridgehead atoms. The Morgan fingerprint density at radius 1 is 1.40 bits per heavy atom. The van der Waals surface area contributed by atoms with E-state index >= 15 is 0 Å². The molecule has 2 aromatic rings. The van der Waals surface area contributed by atoms with Crippen LogP contribution in [0.5, 0.6) is 0 Å². The summed E-state index contributed by atoms with van der Waals surface area (Å²) in [6.07, 6.45) is 6.95. The Morgan fingerprint density at radius 3 is 2.75 bits per heavy atom. The quantitative estimate of drug-likeness (QED) is 0.918. The smallest absolute Gasteiger partial charge is 0.287 e. The lowest BCUT2D eigenvalue weighted by Gasteiger charge is -2.17. The molecule has 0 aromatic carbocycles. The Morgan fingerprint density at radius 2 is 2.15 bits per heavy atom. The van der Waals surface area contributed by atoms with Crippen LogP contribution in [0.25, 0.3) is 0 Å². The summed E-state index contributed by atoms with van der Waals surface area (Å²) in [5, 5.41) is 7.50. The van der Waals surface area contributed by atoms with Crippen LogP contribution in [0.15, 0.2) is 29.7 Å². The van der Waals surface area contributed by atoms with Gasteiger partial charge in [0.15, 0.2) is 0 Å². The van der Waals surface area contributed by atoms with E-state index in [-0.39, 0.29) is 22.7 Å². The maximum absolute atomic E-state index is 12.0. The molecule has 0 spiro atoms. The van der Waals surface area contributed by atoms with Crippen LogP contribution in [0.2, 0.25) is 5.02 Å². The van der Waals surface area contributed by atoms with Crippen molar-refractivity contribution in [3.05, 3.63) is 40.3 Å². The Bertz CT molecular complexity index is 620. The number of nitrogens with one attached hydrogen (secondary N) is 1. The number of hydrogen-bond acceptors (Lipinski definition) is 4. The van der Waals surface area contributed by atoms with Crippen LogP contribution in [0.4, 0.5) is 5.69 Å². The summed E-state index contributed by atoms with van der Waals surface area (Å²) >= 11 is 6.11. The molecule has 1 atom stereocenters. The molecule has 0 aliphatic rings. The second kappa shape index (κ2) is 6.09. The SMILES string of the molecule is CC(Cn1ccnc1)Nc1cnn(C(C)C)c(=O)c1Cl. The van der Waals surface area contributed by atoms with Crippen LogP contribution in [-0.4, -0.2) is 25.4 Å². The van der Waals surface area contributed by atoms with E-state index in [1.807, 2.05) is 31.5 Å². The number of anilines is 1. The van der Waals surface area contributed by atoms with Gasteiger partial charge in [0.25, 0.3) is 5.56 Å². The summed E-state index contributed by atoms with van der Waals surface area (Å²) in [6.45, 7) is 6.51. The molecule has 2 rings (SSSR count). The Labute approximate surface area is 122 Å². The molecule has 108 valence electrons. The van der Waals surface area contributed by atoms with Crippen LogP contribution < -0.4 is 10.9 Å². The first-order valence-corrected chi connectivity index (χ1v) is 6.86. The fourth-order valence-electron chi connectivity index (χ4n) is 1.94. The standard InChI is InChI=1S/C13H18ClN5O/c1-9(2)19-13(20)12(14)11(6-16-19)17-10(3)7-18-5-4-15-8-18/h4-6,8-10,17H,7H2,1-3H3. The topological polar surface area (TPSA) is 64.7 Å². The molecule has 1 unspecified atom stereocenters. The van der Waals surface area contributed by atoms with Gasteiger partial charge in [-0.1, -0.05) is 11.6 Å². The zero-order chi connectivity index (χ0) is 14.7. The highest BCUT2D eigenvalue weighted by Gasteiger charge is 2.13. The van der Waals surface area contributed by atoms with E-state index < -0.39 is 0 Å². The molecule has 1 N–H and O–H groups in total. The predicted octanol–water partition coefficient (Wildman–Crippen LogP) is 2.17. The predicted molar refractivity (Wildman–Crippen MR) is 79.2 cm³/mol. The molecule has 0 saturated heterocycles. The molecule has 6 nitrogen and oxygen atoms in total. The van der Waals surface area contributed by atoms with E-state index in [0.29, 0.717) is 5.69 Å². The molecule has 0 fully saturated rings. The van der Waals surface area contributed by atoms with Crippen LogP contribution in [0.3, 0.4) is 0 Å². The van der Waals surface area contributed by atoms with E-state index in [4.69, 9.17) is 11.6 Å². The van der Waals surface area contributed by atoms with Gasteiger partial charge in [0.1, 0.15) is 5.02 Å². The lowest BCUT2D eigenvalue weighted by atomic mass is 10.3. The Balaban J connectivity index is 2.14. The van der Waals surface area contributed by atoms with E-state index in [2.05, 4.69) is 15.4 Å². The third-order valence-corrected chi connectivity index (χ3v) is 3.24. The summed E-state index contributed by atoms with van der Waals surface area (Å²) in [7, 11) is 0. The summed E-state index contributed by atoms with van der Waals surface area (Å²) in [6, 6.07) is 0.0789. The van der Waals surface area contributed by atoms with Gasteiger partial charge in [-0.2, -0.15) is 5.10 Å². The van der Waals surface area contributed by atoms with Crippen LogP contribution in [0.1, 0.15) is 26.8 Å². The largest absolute Gasteiger partial charge is 0.378 e. The minimum absolute atomic E-state index is 0.0163. The van der Waals surface area contributed by atoms with Crippen LogP contribution >= 0.6 is 11.6 Å². The van der Waals surface area contributed by atoms with Gasteiger partial charge in [-0.25, -0.2) is 9.67 Å². The number of halogens is 1. The first kappa shape index (κ1) is 14.6. The maximum atomic E-state index is 12.0. The minimum atomic E-state index is -0.276. The Kier molecular flexibility index (Phi) is 4.44. The highest BCUT2D eigenvalue weighted by molar-refractivity contribution is 6.32. The van der Waals surface area contributed by atoms with Gasteiger partial charge in [-0.3, -0.25) is 4.79 Å². The third kappa shape index (κ3) is 3.19. The fourth-order valence-corrected chi connectivity index (χ4v) is 2.13. The normalized spacial score (nSPS) is 12.7. The monoisotopic (exact) mass is 295 g/mol. The van der Waals surface area contributed by atoms with Crippen molar-refractivity contribution in [3.8, 4) is 0 Å². The summed E-state index contributed by atoms with van der Waals surface area (Å²) in [5.41, 5.74) is 0.280. The molecule has 0 saturated carbocycles. The van der Waals surface area contributed by atoms with E-state index in [1.54, 1.807) is 18.7 Å². The van der Waals surface area contributed by atoms with E-state index in [1.165, 1.54) is 4.68 Å². The zero-order valence-corrected chi connectivity index (χ0v) is 12.5. The van der Waals surface area contributed by atoms with Gasteiger partial charge in [0.05, 0.1) is 24.3 Å². The Hall–Kier alpha value is -1.82. The molecule has 20 heavy (non-hydrogen) atoms. The molecule has 0 aliphatic carbocycles. The van der Waals surface area contributed by atoms with Crippen LogP contribution in [-0.2, 0) is 6.54 Å². The van der Waals surface area contributed by atoms with Gasteiger partial charge in [0.2, 0.25) is 0 Å². The first-order valence-electron chi connectivity index (χ1n) is 6.48. The number of imidazole rings is 1. The molecular weight excluding hydrogens is 278 g/mol. The van der Waals surface area contributed by atoms with Gasteiger partial charge in [-0.05, 0) is 20.8 Å². The highest BCUT2D eigenvalue weighted by atomic mass is 35.5. The first-order chi connectivity index (χ1) is 9.49. The third-order valence-electron chi connectivity index (χ3n) is 2.88. The van der Waals surface area contributed by atoms with Crippen molar-refractivity contribution >= 4 is 17.3 Å². The average molecular weight is 296 g/mol. The summed E-state index contributed by atoms with van der Waals surface area (Å²) in [5.74, 6) is 0. The van der Waals surface area contributed by atoms with Gasteiger partial charge in [-0.15, -0.1) is 0 Å². The second-order valence-corrected chi connectivity index (χ2v) is 5.40. The zero-order valence-electron chi connectivity index (χ0n) is 11.7. The van der Waals surface area contributed by atoms with Crippen LogP contribution in [0, 0.1) is 0 Å². The fraction of sp³-hybridized carbons (Fsp3) is 0.462. The van der Waals surface area contributed by atoms with Crippen molar-refractivity contribution in [1.29, 1.82) is 0 Å². The highest BCUT2D eigenvalue weighted by Crippen LogP contribution is 2.17. The molecule has 2 aromatic heterocycles. The van der Waals surface area contributed by atoms with E-state index in [9.17, 15) is 4.79 Å². The summed E-state index contributed by atoms with van der Waals surface area (Å²) < 4.78 is 3.32. The van der Waals surface area contributed by atoms with E-state index in [0.717, 1.165) is 6.54 Å². The maximum Gasteiger partial charge on any atom is 0.287 e. The minimum Gasteiger partial charge on any atom is -0.378 e. The number of hydrogen-bond donors (Lipinski definition) is 1. The number of rotatable bonds is 5. The summed E-state index contributed by atoms with van der Waals surface area (Å²) in [4.78, 5) is 16.0. The van der Waals surface area contributed by atoms with Crippen molar-refractivity contribution in [2.24, 2.45) is 0 Å². The molecule has 0 radical (unpaired) electrons. The second-order valence-electron chi connectivity index (χ2n) is 5.02. The molecule has 0 amide bonds. The van der Waals surface area contributed by atoms with Crippen molar-refractivity contribution < 1.29 is 0 Å². The van der Waals surface area contributed by atoms with Crippen molar-refractivity contribution in [1.82, 2.24) is 19.3 Å². The molecule has 0 aliphatic heterocycles. The number of aromatic nitrogens is 4. The molecule has 2 heterocycles.